The van der Waals surface area contributed by atoms with E-state index in [-0.39, 0.29) is 4.90 Å². The van der Waals surface area contributed by atoms with Crippen molar-refractivity contribution >= 4 is 10.1 Å². The number of benzene rings is 1. The molecule has 0 radical (unpaired) electrons. The third kappa shape index (κ3) is 12.8. The van der Waals surface area contributed by atoms with E-state index in [1.54, 1.807) is 6.07 Å². The zero-order valence-electron chi connectivity index (χ0n) is 21.5. The number of rotatable bonds is 16. The Morgan fingerprint density at radius 2 is 1.50 bits per heavy atom. The normalized spacial score (nSPS) is 14.7. The number of hydrogen-bond acceptors (Lipinski definition) is 2. The maximum absolute atomic E-state index is 11.6. The first-order valence-corrected chi connectivity index (χ1v) is 14.2. The van der Waals surface area contributed by atoms with Crippen molar-refractivity contribution < 1.29 is 13.0 Å². The molecule has 0 aromatic heterocycles. The van der Waals surface area contributed by atoms with Crippen molar-refractivity contribution in [2.24, 2.45) is 17.8 Å². The Kier molecular flexibility index (Phi) is 13.5. The van der Waals surface area contributed by atoms with Gasteiger partial charge < -0.3 is 0 Å². The molecule has 1 aromatic rings. The van der Waals surface area contributed by atoms with Gasteiger partial charge in [0.15, 0.2) is 0 Å². The molecule has 184 valence electrons. The lowest BCUT2D eigenvalue weighted by atomic mass is 9.91. The summed E-state index contributed by atoms with van der Waals surface area (Å²) < 4.78 is 32.6. The van der Waals surface area contributed by atoms with Gasteiger partial charge >= 0.3 is 0 Å². The predicted octanol–water partition coefficient (Wildman–Crippen LogP) is 8.56. The third-order valence-electron chi connectivity index (χ3n) is 6.54. The quantitative estimate of drug-likeness (QED) is 0.197. The predicted molar refractivity (Wildman–Crippen MR) is 138 cm³/mol. The van der Waals surface area contributed by atoms with Crippen molar-refractivity contribution in [3.05, 3.63) is 41.0 Å². The first kappa shape index (κ1) is 28.9. The summed E-state index contributed by atoms with van der Waals surface area (Å²) in [6, 6.07) is 5.09. The molecule has 0 aliphatic rings. The summed E-state index contributed by atoms with van der Waals surface area (Å²) in [7, 11) is -4.17. The highest BCUT2D eigenvalue weighted by Crippen LogP contribution is 2.23. The van der Waals surface area contributed by atoms with Crippen molar-refractivity contribution in [3.8, 4) is 0 Å². The molecular formula is C28H48O3S. The lowest BCUT2D eigenvalue weighted by molar-refractivity contribution is 0.389. The molecule has 3 nitrogen and oxygen atoms in total. The highest BCUT2D eigenvalue weighted by Gasteiger charge is 2.14. The Morgan fingerprint density at radius 1 is 0.938 bits per heavy atom. The van der Waals surface area contributed by atoms with Crippen LogP contribution in [0.2, 0.25) is 0 Å². The summed E-state index contributed by atoms with van der Waals surface area (Å²) in [5.74, 6) is 2.48. The van der Waals surface area contributed by atoms with Crippen LogP contribution in [-0.2, 0) is 16.5 Å². The average Bonchev–Trinajstić information content (AvgIpc) is 2.66. The van der Waals surface area contributed by atoms with Crippen LogP contribution in [0.25, 0.3) is 0 Å². The minimum Gasteiger partial charge on any atom is -0.282 e. The second-order valence-electron chi connectivity index (χ2n) is 10.5. The molecule has 2 atom stereocenters. The summed E-state index contributed by atoms with van der Waals surface area (Å²) in [6.07, 6.45) is 15.4. The maximum atomic E-state index is 11.6. The van der Waals surface area contributed by atoms with Gasteiger partial charge in [0, 0.05) is 0 Å². The van der Waals surface area contributed by atoms with E-state index in [1.165, 1.54) is 63.0 Å². The Morgan fingerprint density at radius 3 is 2.06 bits per heavy atom. The molecule has 0 aliphatic heterocycles. The van der Waals surface area contributed by atoms with Crippen molar-refractivity contribution in [1.82, 2.24) is 0 Å². The fourth-order valence-corrected chi connectivity index (χ4v) is 5.17. The summed E-state index contributed by atoms with van der Waals surface area (Å²) in [5, 5.41) is 0. The molecule has 1 rings (SSSR count). The number of hydrogen-bond donors (Lipinski definition) is 1. The first-order chi connectivity index (χ1) is 15.0. The lowest BCUT2D eigenvalue weighted by Crippen LogP contribution is -2.03. The van der Waals surface area contributed by atoms with Crippen LogP contribution in [0.15, 0.2) is 34.7 Å². The zero-order chi connectivity index (χ0) is 24.1. The number of allylic oxidation sites excluding steroid dienone is 2. The van der Waals surface area contributed by atoms with Gasteiger partial charge in [-0.25, -0.2) is 0 Å². The SMILES string of the molecule is C/C(=C\CCc1cc(C)ccc1S(=O)(=O)O)CCCC(C)CCCC(C)CCCC(C)C. The highest BCUT2D eigenvalue weighted by atomic mass is 32.2. The van der Waals surface area contributed by atoms with E-state index >= 15 is 0 Å². The van der Waals surface area contributed by atoms with Crippen LogP contribution in [0.4, 0.5) is 0 Å². The van der Waals surface area contributed by atoms with Crippen molar-refractivity contribution in [2.45, 2.75) is 117 Å². The molecule has 32 heavy (non-hydrogen) atoms. The second kappa shape index (κ2) is 14.9. The van der Waals surface area contributed by atoms with Crippen LogP contribution >= 0.6 is 0 Å². The first-order valence-electron chi connectivity index (χ1n) is 12.7. The fourth-order valence-electron chi connectivity index (χ4n) is 4.44. The van der Waals surface area contributed by atoms with Gasteiger partial charge in [-0.05, 0) is 68.9 Å². The smallest absolute Gasteiger partial charge is 0.282 e. The molecule has 2 unspecified atom stereocenters. The molecule has 0 bridgehead atoms. The summed E-state index contributed by atoms with van der Waals surface area (Å²) in [5.41, 5.74) is 3.08. The largest absolute Gasteiger partial charge is 0.294 e. The van der Waals surface area contributed by atoms with E-state index < -0.39 is 10.1 Å². The Balaban J connectivity index is 2.28. The van der Waals surface area contributed by atoms with Gasteiger partial charge in [-0.15, -0.1) is 0 Å². The van der Waals surface area contributed by atoms with Gasteiger partial charge in [-0.2, -0.15) is 8.42 Å². The van der Waals surface area contributed by atoms with Crippen LogP contribution in [0, 0.1) is 24.7 Å². The molecule has 4 heteroatoms. The van der Waals surface area contributed by atoms with Crippen LogP contribution in [0.5, 0.6) is 0 Å². The van der Waals surface area contributed by atoms with Crippen molar-refractivity contribution in [2.75, 3.05) is 0 Å². The molecule has 0 amide bonds. The van der Waals surface area contributed by atoms with Gasteiger partial charge in [0.25, 0.3) is 10.1 Å². The van der Waals surface area contributed by atoms with Gasteiger partial charge in [0.2, 0.25) is 0 Å². The van der Waals surface area contributed by atoms with E-state index in [0.717, 1.165) is 36.2 Å². The molecule has 1 N–H and O–H groups in total. The van der Waals surface area contributed by atoms with E-state index in [4.69, 9.17) is 0 Å². The van der Waals surface area contributed by atoms with Crippen molar-refractivity contribution in [1.29, 1.82) is 0 Å². The molecule has 0 heterocycles. The van der Waals surface area contributed by atoms with Gasteiger partial charge in [0.05, 0.1) is 4.90 Å². The van der Waals surface area contributed by atoms with E-state index in [0.29, 0.717) is 12.0 Å². The Labute approximate surface area is 198 Å². The molecule has 0 saturated heterocycles. The molecule has 0 aliphatic carbocycles. The maximum Gasteiger partial charge on any atom is 0.294 e. The average molecular weight is 465 g/mol. The van der Waals surface area contributed by atoms with Crippen LogP contribution in [0.3, 0.4) is 0 Å². The molecular weight excluding hydrogens is 416 g/mol. The van der Waals surface area contributed by atoms with Crippen molar-refractivity contribution in [3.63, 3.8) is 0 Å². The molecule has 0 spiro atoms. The van der Waals surface area contributed by atoms with E-state index in [2.05, 4.69) is 40.7 Å². The zero-order valence-corrected chi connectivity index (χ0v) is 22.3. The third-order valence-corrected chi connectivity index (χ3v) is 7.49. The van der Waals surface area contributed by atoms with Crippen LogP contribution in [0.1, 0.15) is 110 Å². The Hall–Kier alpha value is -1.13. The molecule has 1 aromatic carbocycles. The van der Waals surface area contributed by atoms with E-state index in [1.807, 2.05) is 13.0 Å². The van der Waals surface area contributed by atoms with Gasteiger partial charge in [-0.3, -0.25) is 4.55 Å². The van der Waals surface area contributed by atoms with Gasteiger partial charge in [0.1, 0.15) is 0 Å². The molecule has 0 fully saturated rings. The minimum absolute atomic E-state index is 0.0391. The number of aryl methyl sites for hydroxylation is 2. The van der Waals surface area contributed by atoms with Gasteiger partial charge in [-0.1, -0.05) is 102 Å². The fraction of sp³-hybridized carbons (Fsp3) is 0.714. The second-order valence-corrected chi connectivity index (χ2v) is 11.9. The summed E-state index contributed by atoms with van der Waals surface area (Å²) in [4.78, 5) is 0.0391. The van der Waals surface area contributed by atoms with E-state index in [9.17, 15) is 13.0 Å². The van der Waals surface area contributed by atoms with Crippen LogP contribution in [-0.4, -0.2) is 13.0 Å². The molecule has 0 saturated carbocycles. The highest BCUT2D eigenvalue weighted by molar-refractivity contribution is 7.85. The van der Waals surface area contributed by atoms with Crippen LogP contribution < -0.4 is 0 Å². The summed E-state index contributed by atoms with van der Waals surface area (Å²) >= 11 is 0. The summed E-state index contributed by atoms with van der Waals surface area (Å²) in [6.45, 7) is 13.5. The monoisotopic (exact) mass is 464 g/mol. The minimum atomic E-state index is -4.17. The standard InChI is InChI=1S/C28H48O3S/c1-22(2)11-7-12-23(3)13-8-14-24(4)15-9-16-25(5)17-10-18-27-21-26(6)19-20-28(27)32(29,30)31/h17,19-24H,7-16,18H2,1-6H3,(H,29,30,31)/b25-17+. The lowest BCUT2D eigenvalue weighted by Gasteiger charge is -2.15. The topological polar surface area (TPSA) is 54.4 Å². The Bertz CT molecular complexity index is 793.